The van der Waals surface area contributed by atoms with Gasteiger partial charge in [-0.3, -0.25) is 0 Å². The van der Waals surface area contributed by atoms with E-state index in [9.17, 15) is 23.1 Å². The van der Waals surface area contributed by atoms with Gasteiger partial charge in [0, 0.05) is 4.47 Å². The van der Waals surface area contributed by atoms with Gasteiger partial charge in [-0.25, -0.2) is 4.79 Å². The van der Waals surface area contributed by atoms with Gasteiger partial charge in [-0.15, -0.1) is 0 Å². The molecule has 0 aliphatic heterocycles. The first-order valence-electron chi connectivity index (χ1n) is 6.24. The monoisotopic (exact) mass is 368 g/mol. The highest BCUT2D eigenvalue weighted by Crippen LogP contribution is 2.36. The topological polar surface area (TPSA) is 37.3 Å². The molecule has 0 radical (unpaired) electrons. The Balaban J connectivity index is 2.48. The lowest BCUT2D eigenvalue weighted by molar-refractivity contribution is -0.137. The van der Waals surface area contributed by atoms with E-state index in [1.807, 2.05) is 0 Å². The van der Waals surface area contributed by atoms with E-state index in [-0.39, 0.29) is 5.56 Å². The van der Waals surface area contributed by atoms with Crippen molar-refractivity contribution in [1.82, 2.24) is 0 Å². The minimum atomic E-state index is -4.45. The Labute approximate surface area is 131 Å². The lowest BCUT2D eigenvalue weighted by Gasteiger charge is -2.11. The lowest BCUT2D eigenvalue weighted by Crippen LogP contribution is -2.05. The molecule has 2 nitrogen and oxygen atoms in total. The highest BCUT2D eigenvalue weighted by Gasteiger charge is 2.30. The summed E-state index contributed by atoms with van der Waals surface area (Å²) in [7, 11) is 0. The predicted octanol–water partition coefficient (Wildman–Crippen LogP) is 5.47. The number of carbonyl (C=O) groups is 1. The number of fused-ring (bicyclic) bond motifs is 3. The lowest BCUT2D eigenvalue weighted by atomic mass is 9.96. The molecule has 0 heterocycles. The molecule has 0 saturated carbocycles. The number of carboxylic acids is 1. The molecule has 0 fully saturated rings. The molecule has 3 rings (SSSR count). The molecule has 0 unspecified atom stereocenters. The van der Waals surface area contributed by atoms with Crippen LogP contribution in [0.15, 0.2) is 46.9 Å². The molecule has 0 saturated heterocycles. The average Bonchev–Trinajstić information content (AvgIpc) is 2.44. The average molecular weight is 369 g/mol. The van der Waals surface area contributed by atoms with Crippen molar-refractivity contribution in [1.29, 1.82) is 0 Å². The van der Waals surface area contributed by atoms with E-state index in [4.69, 9.17) is 0 Å². The van der Waals surface area contributed by atoms with Gasteiger partial charge in [0.15, 0.2) is 0 Å². The van der Waals surface area contributed by atoms with Crippen molar-refractivity contribution in [2.24, 2.45) is 0 Å². The van der Waals surface area contributed by atoms with Crippen LogP contribution in [0, 0.1) is 0 Å². The van der Waals surface area contributed by atoms with Gasteiger partial charge in [-0.1, -0.05) is 28.1 Å². The molecule has 3 aromatic carbocycles. The number of carboxylic acid groups (broad SMARTS) is 1. The highest BCUT2D eigenvalue weighted by atomic mass is 79.9. The summed E-state index contributed by atoms with van der Waals surface area (Å²) in [5.74, 6) is -1.12. The van der Waals surface area contributed by atoms with E-state index in [1.165, 1.54) is 12.1 Å². The number of alkyl halides is 3. The Morgan fingerprint density at radius 1 is 0.955 bits per heavy atom. The van der Waals surface area contributed by atoms with Crippen LogP contribution in [0.3, 0.4) is 0 Å². The van der Waals surface area contributed by atoms with Crippen LogP contribution >= 0.6 is 15.9 Å². The fourth-order valence-corrected chi connectivity index (χ4v) is 2.84. The molecule has 0 spiro atoms. The third-order valence-electron chi connectivity index (χ3n) is 3.47. The smallest absolute Gasteiger partial charge is 0.416 e. The highest BCUT2D eigenvalue weighted by molar-refractivity contribution is 9.10. The van der Waals surface area contributed by atoms with Gasteiger partial charge in [0.05, 0.1) is 11.1 Å². The normalized spacial score (nSPS) is 12.0. The summed E-state index contributed by atoms with van der Waals surface area (Å²) in [4.78, 5) is 11.4. The summed E-state index contributed by atoms with van der Waals surface area (Å²) in [6.45, 7) is 0. The first-order valence-corrected chi connectivity index (χ1v) is 7.03. The maximum atomic E-state index is 12.9. The number of rotatable bonds is 1. The van der Waals surface area contributed by atoms with Crippen LogP contribution in [0.1, 0.15) is 15.9 Å². The molecule has 0 aliphatic carbocycles. The van der Waals surface area contributed by atoms with Gasteiger partial charge in [-0.05, 0) is 51.9 Å². The van der Waals surface area contributed by atoms with Gasteiger partial charge < -0.3 is 5.11 Å². The molecular formula is C16H8BrF3O2. The summed E-state index contributed by atoms with van der Waals surface area (Å²) in [6, 6.07) is 9.58. The summed E-state index contributed by atoms with van der Waals surface area (Å²) in [5, 5.41) is 11.0. The van der Waals surface area contributed by atoms with E-state index < -0.39 is 17.7 Å². The van der Waals surface area contributed by atoms with Gasteiger partial charge in [0.2, 0.25) is 0 Å². The van der Waals surface area contributed by atoms with Crippen molar-refractivity contribution in [2.75, 3.05) is 0 Å². The first kappa shape index (κ1) is 14.8. The molecule has 0 bridgehead atoms. The van der Waals surface area contributed by atoms with Crippen molar-refractivity contribution in [3.8, 4) is 0 Å². The quantitative estimate of drug-likeness (QED) is 0.578. The Morgan fingerprint density at radius 3 is 2.32 bits per heavy atom. The zero-order valence-corrected chi connectivity index (χ0v) is 12.5. The van der Waals surface area contributed by atoms with Crippen LogP contribution < -0.4 is 0 Å². The number of halogens is 4. The molecule has 0 aromatic heterocycles. The Bertz CT molecular complexity index is 917. The maximum Gasteiger partial charge on any atom is 0.416 e. The van der Waals surface area contributed by atoms with Crippen LogP contribution in [-0.2, 0) is 6.18 Å². The van der Waals surface area contributed by atoms with Crippen molar-refractivity contribution < 1.29 is 23.1 Å². The van der Waals surface area contributed by atoms with Gasteiger partial charge in [-0.2, -0.15) is 13.2 Å². The molecule has 22 heavy (non-hydrogen) atoms. The zero-order valence-electron chi connectivity index (χ0n) is 10.9. The van der Waals surface area contributed by atoms with E-state index in [1.54, 1.807) is 18.2 Å². The minimum Gasteiger partial charge on any atom is -0.478 e. The van der Waals surface area contributed by atoms with Gasteiger partial charge >= 0.3 is 12.1 Å². The minimum absolute atomic E-state index is 0.0646. The second kappa shape index (κ2) is 4.98. The largest absolute Gasteiger partial charge is 0.478 e. The zero-order chi connectivity index (χ0) is 16.1. The molecule has 0 amide bonds. The van der Waals surface area contributed by atoms with Crippen LogP contribution in [0.4, 0.5) is 13.2 Å². The van der Waals surface area contributed by atoms with Crippen LogP contribution in [0.25, 0.3) is 21.5 Å². The molecule has 0 aliphatic rings. The molecule has 0 atom stereocenters. The second-order valence-electron chi connectivity index (χ2n) is 4.85. The van der Waals surface area contributed by atoms with Crippen molar-refractivity contribution in [3.63, 3.8) is 0 Å². The van der Waals surface area contributed by atoms with Crippen molar-refractivity contribution in [2.45, 2.75) is 6.18 Å². The molecule has 1 N–H and O–H groups in total. The predicted molar refractivity (Wildman–Crippen MR) is 81.1 cm³/mol. The Morgan fingerprint density at radius 2 is 1.68 bits per heavy atom. The second-order valence-corrected chi connectivity index (χ2v) is 5.77. The summed E-state index contributed by atoms with van der Waals surface area (Å²) < 4.78 is 39.4. The van der Waals surface area contributed by atoms with E-state index in [0.29, 0.717) is 26.0 Å². The van der Waals surface area contributed by atoms with E-state index in [2.05, 4.69) is 15.9 Å². The van der Waals surface area contributed by atoms with Crippen molar-refractivity contribution >= 4 is 43.4 Å². The van der Waals surface area contributed by atoms with E-state index in [0.717, 1.165) is 12.1 Å². The van der Waals surface area contributed by atoms with Crippen molar-refractivity contribution in [3.05, 3.63) is 58.1 Å². The van der Waals surface area contributed by atoms with E-state index >= 15 is 0 Å². The number of hydrogen-bond donors (Lipinski definition) is 1. The summed E-state index contributed by atoms with van der Waals surface area (Å²) in [6.07, 6.45) is -4.45. The fraction of sp³-hybridized carbons (Fsp3) is 0.0625. The fourth-order valence-electron chi connectivity index (χ4n) is 2.48. The molecule has 6 heteroatoms. The molecule has 112 valence electrons. The first-order chi connectivity index (χ1) is 10.3. The number of benzene rings is 3. The summed E-state index contributed by atoms with van der Waals surface area (Å²) >= 11 is 3.27. The molecule has 3 aromatic rings. The van der Waals surface area contributed by atoms with Crippen LogP contribution in [-0.4, -0.2) is 11.1 Å². The van der Waals surface area contributed by atoms with Crippen LogP contribution in [0.5, 0.6) is 0 Å². The van der Waals surface area contributed by atoms with Crippen LogP contribution in [0.2, 0.25) is 0 Å². The van der Waals surface area contributed by atoms with Gasteiger partial charge in [0.25, 0.3) is 0 Å². The summed E-state index contributed by atoms with van der Waals surface area (Å²) in [5.41, 5.74) is -0.695. The standard InChI is InChI=1S/C16H8BrF3O2/c17-10-3-4-11-13(7-10)12-6-9(16(18,19)20)2-1-8(12)5-14(11)15(21)22/h1-7H,(H,21,22). The number of aromatic carboxylic acids is 1. The Kier molecular flexibility index (Phi) is 3.36. The SMILES string of the molecule is O=C(O)c1cc2ccc(C(F)(F)F)cc2c2cc(Br)ccc12. The maximum absolute atomic E-state index is 12.9. The Hall–Kier alpha value is -2.08. The van der Waals surface area contributed by atoms with Gasteiger partial charge in [0.1, 0.15) is 0 Å². The third kappa shape index (κ3) is 2.43. The third-order valence-corrected chi connectivity index (χ3v) is 3.97. The molecular weight excluding hydrogens is 361 g/mol. The number of hydrogen-bond acceptors (Lipinski definition) is 1.